The molecular weight excluding hydrogens is 364 g/mol. The van der Waals surface area contributed by atoms with Crippen LogP contribution in [0.15, 0.2) is 34.5 Å². The number of nitro benzene ring substituents is 1. The van der Waals surface area contributed by atoms with Gasteiger partial charge in [-0.1, -0.05) is 12.1 Å². The molecule has 25 heavy (non-hydrogen) atoms. The van der Waals surface area contributed by atoms with E-state index in [9.17, 15) is 18.5 Å². The number of aromatic nitrogens is 1. The molecule has 10 heteroatoms. The van der Waals surface area contributed by atoms with Crippen LogP contribution in [0.1, 0.15) is 10.7 Å². The minimum absolute atomic E-state index is 0.247. The Balaban J connectivity index is 1.71. The first-order valence-corrected chi connectivity index (χ1v) is 10.1. The van der Waals surface area contributed by atoms with Crippen molar-refractivity contribution in [2.24, 2.45) is 0 Å². The van der Waals surface area contributed by atoms with Crippen molar-refractivity contribution >= 4 is 27.0 Å². The Hall–Kier alpha value is -1.88. The predicted octanol–water partition coefficient (Wildman–Crippen LogP) is 1.87. The van der Waals surface area contributed by atoms with Crippen LogP contribution in [-0.2, 0) is 16.6 Å². The minimum atomic E-state index is -3.88. The molecule has 1 fully saturated rings. The fraction of sp³-hybridized carbons (Fsp3) is 0.400. The molecule has 0 spiro atoms. The van der Waals surface area contributed by atoms with Crippen LogP contribution in [-0.4, -0.2) is 53.7 Å². The molecule has 134 valence electrons. The van der Waals surface area contributed by atoms with Crippen LogP contribution in [0.3, 0.4) is 0 Å². The van der Waals surface area contributed by atoms with E-state index in [-0.39, 0.29) is 10.6 Å². The van der Waals surface area contributed by atoms with E-state index in [4.69, 9.17) is 0 Å². The molecule has 0 aliphatic carbocycles. The first-order valence-electron chi connectivity index (χ1n) is 7.75. The number of sulfonamides is 1. The molecule has 1 aliphatic rings. The molecular formula is C15H18N4O4S2. The number of piperazine rings is 1. The molecule has 0 radical (unpaired) electrons. The van der Waals surface area contributed by atoms with Gasteiger partial charge in [0.05, 0.1) is 15.6 Å². The van der Waals surface area contributed by atoms with Crippen molar-refractivity contribution in [3.63, 3.8) is 0 Å². The third kappa shape index (κ3) is 3.87. The van der Waals surface area contributed by atoms with Gasteiger partial charge in [0.25, 0.3) is 5.69 Å². The summed E-state index contributed by atoms with van der Waals surface area (Å²) in [6.45, 7) is 4.37. The Bertz CT molecular complexity index is 873. The molecule has 0 bridgehead atoms. The van der Waals surface area contributed by atoms with Crippen LogP contribution in [0, 0.1) is 17.0 Å². The summed E-state index contributed by atoms with van der Waals surface area (Å²) in [6, 6.07) is 5.47. The Morgan fingerprint density at radius 2 is 1.92 bits per heavy atom. The lowest BCUT2D eigenvalue weighted by atomic mass is 10.3. The second-order valence-corrected chi connectivity index (χ2v) is 8.73. The van der Waals surface area contributed by atoms with Crippen LogP contribution in [0.4, 0.5) is 5.69 Å². The summed E-state index contributed by atoms with van der Waals surface area (Å²) in [5.74, 6) is 0. The summed E-state index contributed by atoms with van der Waals surface area (Å²) in [5, 5.41) is 14.1. The van der Waals surface area contributed by atoms with Crippen molar-refractivity contribution < 1.29 is 13.3 Å². The lowest BCUT2D eigenvalue weighted by Gasteiger charge is -2.33. The first kappa shape index (κ1) is 17.9. The van der Waals surface area contributed by atoms with Crippen LogP contribution in [0.2, 0.25) is 0 Å². The fourth-order valence-corrected chi connectivity index (χ4v) is 4.99. The van der Waals surface area contributed by atoms with E-state index in [1.807, 2.05) is 12.3 Å². The van der Waals surface area contributed by atoms with E-state index >= 15 is 0 Å². The van der Waals surface area contributed by atoms with Crippen molar-refractivity contribution in [1.82, 2.24) is 14.2 Å². The summed E-state index contributed by atoms with van der Waals surface area (Å²) in [7, 11) is -3.88. The maximum Gasteiger partial charge on any atom is 0.289 e. The zero-order chi connectivity index (χ0) is 18.0. The van der Waals surface area contributed by atoms with E-state index in [0.717, 1.165) is 10.7 Å². The summed E-state index contributed by atoms with van der Waals surface area (Å²) in [6.07, 6.45) is 0. The monoisotopic (exact) mass is 382 g/mol. The topological polar surface area (TPSA) is 96.7 Å². The fourth-order valence-electron chi connectivity index (χ4n) is 2.80. The standard InChI is InChI=1S/C15H18N4O4S2/c1-12-16-13(11-24-12)10-17-6-8-18(9-7-17)25(22,23)15-5-3-2-4-14(15)19(20)21/h2-5,11H,6-10H2,1H3. The number of nitrogens with zero attached hydrogens (tertiary/aromatic N) is 4. The lowest BCUT2D eigenvalue weighted by molar-refractivity contribution is -0.387. The van der Waals surface area contributed by atoms with Gasteiger partial charge >= 0.3 is 0 Å². The molecule has 1 saturated heterocycles. The first-order chi connectivity index (χ1) is 11.9. The van der Waals surface area contributed by atoms with Crippen molar-refractivity contribution in [1.29, 1.82) is 0 Å². The Morgan fingerprint density at radius 3 is 2.52 bits per heavy atom. The summed E-state index contributed by atoms with van der Waals surface area (Å²) >= 11 is 1.59. The lowest BCUT2D eigenvalue weighted by Crippen LogP contribution is -2.48. The van der Waals surface area contributed by atoms with E-state index in [0.29, 0.717) is 32.7 Å². The van der Waals surface area contributed by atoms with Crippen LogP contribution < -0.4 is 0 Å². The Morgan fingerprint density at radius 1 is 1.24 bits per heavy atom. The average molecular weight is 382 g/mol. The van der Waals surface area contributed by atoms with Gasteiger partial charge in [-0.3, -0.25) is 15.0 Å². The third-order valence-electron chi connectivity index (χ3n) is 4.06. The number of aryl methyl sites for hydroxylation is 1. The molecule has 0 atom stereocenters. The van der Waals surface area contributed by atoms with Crippen molar-refractivity contribution in [3.8, 4) is 0 Å². The van der Waals surface area contributed by atoms with Gasteiger partial charge in [0.1, 0.15) is 0 Å². The maximum absolute atomic E-state index is 12.8. The molecule has 1 aromatic heterocycles. The highest BCUT2D eigenvalue weighted by Gasteiger charge is 2.33. The molecule has 1 aliphatic heterocycles. The second-order valence-electron chi connectivity index (χ2n) is 5.76. The molecule has 2 heterocycles. The van der Waals surface area contributed by atoms with Crippen molar-refractivity contribution in [2.45, 2.75) is 18.4 Å². The SMILES string of the molecule is Cc1nc(CN2CCN(S(=O)(=O)c3ccccc3[N+](=O)[O-])CC2)cs1. The quantitative estimate of drug-likeness (QED) is 0.578. The number of hydrogen-bond acceptors (Lipinski definition) is 7. The highest BCUT2D eigenvalue weighted by Crippen LogP contribution is 2.27. The van der Waals surface area contributed by atoms with Gasteiger partial charge in [-0.2, -0.15) is 4.31 Å². The normalized spacial score (nSPS) is 16.8. The average Bonchev–Trinajstić information content (AvgIpc) is 3.00. The number of rotatable bonds is 5. The van der Waals surface area contributed by atoms with Gasteiger partial charge in [0.2, 0.25) is 10.0 Å². The Kier molecular flexibility index (Phi) is 5.13. The highest BCUT2D eigenvalue weighted by atomic mass is 32.2. The van der Waals surface area contributed by atoms with Crippen molar-refractivity contribution in [2.75, 3.05) is 26.2 Å². The molecule has 0 N–H and O–H groups in total. The number of nitro groups is 1. The number of benzene rings is 1. The smallest absolute Gasteiger partial charge is 0.289 e. The molecule has 0 saturated carbocycles. The van der Waals surface area contributed by atoms with E-state index < -0.39 is 14.9 Å². The molecule has 0 amide bonds. The molecule has 3 rings (SSSR count). The maximum atomic E-state index is 12.8. The second kappa shape index (κ2) is 7.16. The zero-order valence-corrected chi connectivity index (χ0v) is 15.3. The number of para-hydroxylation sites is 1. The summed E-state index contributed by atoms with van der Waals surface area (Å²) in [5.41, 5.74) is 0.598. The van der Waals surface area contributed by atoms with E-state index in [1.165, 1.54) is 28.6 Å². The number of thiazole rings is 1. The van der Waals surface area contributed by atoms with Crippen LogP contribution in [0.25, 0.3) is 0 Å². The summed E-state index contributed by atoms with van der Waals surface area (Å²) < 4.78 is 26.9. The largest absolute Gasteiger partial charge is 0.295 e. The molecule has 0 unspecified atom stereocenters. The highest BCUT2D eigenvalue weighted by molar-refractivity contribution is 7.89. The summed E-state index contributed by atoms with van der Waals surface area (Å²) in [4.78, 5) is 16.8. The zero-order valence-electron chi connectivity index (χ0n) is 13.7. The molecule has 1 aromatic carbocycles. The van der Waals surface area contributed by atoms with Gasteiger partial charge in [-0.05, 0) is 13.0 Å². The minimum Gasteiger partial charge on any atom is -0.295 e. The van der Waals surface area contributed by atoms with Gasteiger partial charge in [0.15, 0.2) is 4.90 Å². The third-order valence-corrected chi connectivity index (χ3v) is 6.83. The van der Waals surface area contributed by atoms with E-state index in [2.05, 4.69) is 9.88 Å². The Labute approximate surface area is 149 Å². The van der Waals surface area contributed by atoms with Crippen molar-refractivity contribution in [3.05, 3.63) is 50.5 Å². The van der Waals surface area contributed by atoms with Gasteiger partial charge in [0, 0.05) is 44.2 Å². The molecule has 8 nitrogen and oxygen atoms in total. The predicted molar refractivity (Wildman–Crippen MR) is 94.0 cm³/mol. The van der Waals surface area contributed by atoms with Gasteiger partial charge in [-0.25, -0.2) is 13.4 Å². The van der Waals surface area contributed by atoms with Gasteiger partial charge in [-0.15, -0.1) is 11.3 Å². The van der Waals surface area contributed by atoms with Crippen LogP contribution in [0.5, 0.6) is 0 Å². The van der Waals surface area contributed by atoms with E-state index in [1.54, 1.807) is 11.3 Å². The molecule has 2 aromatic rings. The van der Waals surface area contributed by atoms with Gasteiger partial charge < -0.3 is 0 Å². The number of hydrogen-bond donors (Lipinski definition) is 0. The van der Waals surface area contributed by atoms with Crippen LogP contribution >= 0.6 is 11.3 Å².